The van der Waals surface area contributed by atoms with Gasteiger partial charge in [0.05, 0.1) is 12.3 Å². The quantitative estimate of drug-likeness (QED) is 0.464. The van der Waals surface area contributed by atoms with Gasteiger partial charge in [-0.15, -0.1) is 0 Å². The molecule has 2 aromatic carbocycles. The number of benzene rings is 2. The third kappa shape index (κ3) is 2.85. The van der Waals surface area contributed by atoms with Crippen LogP contribution in [-0.2, 0) is 4.79 Å². The van der Waals surface area contributed by atoms with E-state index in [1.54, 1.807) is 0 Å². The summed E-state index contributed by atoms with van der Waals surface area (Å²) >= 11 is 0. The molecule has 2 aromatic rings. The Morgan fingerprint density at radius 1 is 0.960 bits per heavy atom. The van der Waals surface area contributed by atoms with Crippen LogP contribution in [0.15, 0.2) is 36.1 Å². The predicted molar refractivity (Wildman–Crippen MR) is 84.7 cm³/mol. The fourth-order valence-electron chi connectivity index (χ4n) is 2.73. The first-order valence-electron chi connectivity index (χ1n) is 7.19. The van der Waals surface area contributed by atoms with E-state index in [-0.39, 0.29) is 34.1 Å². The van der Waals surface area contributed by atoms with Gasteiger partial charge in [-0.1, -0.05) is 0 Å². The molecule has 0 saturated carbocycles. The van der Waals surface area contributed by atoms with Crippen LogP contribution < -0.4 is 4.74 Å². The van der Waals surface area contributed by atoms with Gasteiger partial charge in [0.1, 0.15) is 23.0 Å². The van der Waals surface area contributed by atoms with Gasteiger partial charge in [-0.25, -0.2) is 0 Å². The van der Waals surface area contributed by atoms with Gasteiger partial charge in [0.2, 0.25) is 0 Å². The van der Waals surface area contributed by atoms with Gasteiger partial charge >= 0.3 is 5.97 Å². The molecule has 1 heterocycles. The Morgan fingerprint density at radius 2 is 1.68 bits per heavy atom. The summed E-state index contributed by atoms with van der Waals surface area (Å²) in [6.07, 6.45) is -0.534. The second kappa shape index (κ2) is 5.82. The van der Waals surface area contributed by atoms with Crippen LogP contribution in [0.4, 0.5) is 0 Å². The normalized spacial score (nSPS) is 16.2. The number of phenols is 4. The molecule has 0 spiro atoms. The van der Waals surface area contributed by atoms with Crippen molar-refractivity contribution in [2.45, 2.75) is 12.3 Å². The number of phenolic OH excluding ortho intramolecular Hbond substituents is 4. The number of hydrogen-bond acceptors (Lipinski definition) is 7. The molecule has 1 atom stereocenters. The van der Waals surface area contributed by atoms with Gasteiger partial charge in [-0.3, -0.25) is 4.79 Å². The third-order valence-electron chi connectivity index (χ3n) is 3.84. The molecule has 1 unspecified atom stereocenters. The van der Waals surface area contributed by atoms with Crippen LogP contribution in [-0.4, -0.2) is 36.6 Å². The summed E-state index contributed by atoms with van der Waals surface area (Å²) in [6.45, 7) is 0. The van der Waals surface area contributed by atoms with Crippen molar-refractivity contribution in [1.82, 2.24) is 0 Å². The molecule has 0 aliphatic carbocycles. The van der Waals surface area contributed by atoms with Crippen molar-refractivity contribution in [2.24, 2.45) is 0 Å². The van der Waals surface area contributed by atoms with Crippen molar-refractivity contribution in [3.63, 3.8) is 0 Å². The molecule has 0 fully saturated rings. The van der Waals surface area contributed by atoms with E-state index in [4.69, 9.17) is 9.84 Å². The number of aliphatic hydroxyl groups excluding tert-OH is 1. The standard InChI is InChI=1S/C17H14O8/c18-8-4-12(21)15-9(6-14(22)23)16(24)17(25-13(15)5-8)7-1-2-10(19)11(20)3-7/h1-5,9,18-21,24H,6H2,(H,22,23). The molecule has 1 aliphatic heterocycles. The van der Waals surface area contributed by atoms with Gasteiger partial charge in [0.25, 0.3) is 0 Å². The summed E-state index contributed by atoms with van der Waals surface area (Å²) in [5, 5.41) is 58.3. The SMILES string of the molecule is O=C(O)CC1C(O)=C(c2ccc(O)c(O)c2)Oc2cc(O)cc(O)c21. The summed E-state index contributed by atoms with van der Waals surface area (Å²) < 4.78 is 5.52. The number of ether oxygens (including phenoxy) is 1. The minimum atomic E-state index is -1.22. The lowest BCUT2D eigenvalue weighted by atomic mass is 9.88. The van der Waals surface area contributed by atoms with Crippen LogP contribution in [0.2, 0.25) is 0 Å². The maximum atomic E-state index is 11.2. The first-order chi connectivity index (χ1) is 11.8. The maximum absolute atomic E-state index is 11.2. The van der Waals surface area contributed by atoms with Crippen molar-refractivity contribution in [3.05, 3.63) is 47.2 Å². The lowest BCUT2D eigenvalue weighted by Gasteiger charge is -2.27. The molecule has 3 rings (SSSR count). The molecule has 6 N–H and O–H groups in total. The predicted octanol–water partition coefficient (Wildman–Crippen LogP) is 2.39. The molecule has 0 saturated heterocycles. The van der Waals surface area contributed by atoms with E-state index in [1.165, 1.54) is 18.2 Å². The Bertz CT molecular complexity index is 900. The molecule has 0 radical (unpaired) electrons. The minimum absolute atomic E-state index is 0.0240. The molecule has 130 valence electrons. The first-order valence-corrected chi connectivity index (χ1v) is 7.19. The van der Waals surface area contributed by atoms with Crippen LogP contribution in [0.1, 0.15) is 23.5 Å². The maximum Gasteiger partial charge on any atom is 0.304 e. The fraction of sp³-hybridized carbons (Fsp3) is 0.118. The highest BCUT2D eigenvalue weighted by Gasteiger charge is 2.35. The highest BCUT2D eigenvalue weighted by atomic mass is 16.5. The molecular formula is C17H14O8. The zero-order valence-corrected chi connectivity index (χ0v) is 12.7. The Labute approximate surface area is 141 Å². The van der Waals surface area contributed by atoms with Gasteiger partial charge in [0.15, 0.2) is 17.3 Å². The molecule has 0 bridgehead atoms. The average Bonchev–Trinajstić information content (AvgIpc) is 2.52. The summed E-state index contributed by atoms with van der Waals surface area (Å²) in [7, 11) is 0. The van der Waals surface area contributed by atoms with Crippen LogP contribution in [0.25, 0.3) is 5.76 Å². The Hall–Kier alpha value is -3.55. The van der Waals surface area contributed by atoms with Crippen LogP contribution >= 0.6 is 0 Å². The van der Waals surface area contributed by atoms with Gasteiger partial charge in [-0.2, -0.15) is 0 Å². The third-order valence-corrected chi connectivity index (χ3v) is 3.84. The molecule has 0 aromatic heterocycles. The zero-order valence-electron chi connectivity index (χ0n) is 12.7. The monoisotopic (exact) mass is 346 g/mol. The van der Waals surface area contributed by atoms with Crippen LogP contribution in [0.5, 0.6) is 28.7 Å². The van der Waals surface area contributed by atoms with Crippen molar-refractivity contribution in [3.8, 4) is 28.7 Å². The number of aliphatic carboxylic acids is 1. The van der Waals surface area contributed by atoms with E-state index < -0.39 is 35.6 Å². The van der Waals surface area contributed by atoms with E-state index in [1.807, 2.05) is 0 Å². The number of carboxylic acids is 1. The number of rotatable bonds is 3. The number of carbonyl (C=O) groups is 1. The lowest BCUT2D eigenvalue weighted by Crippen LogP contribution is -2.18. The smallest absolute Gasteiger partial charge is 0.304 e. The van der Waals surface area contributed by atoms with E-state index in [0.29, 0.717) is 0 Å². The number of fused-ring (bicyclic) bond motifs is 1. The highest BCUT2D eigenvalue weighted by molar-refractivity contribution is 5.76. The van der Waals surface area contributed by atoms with Gasteiger partial charge in [-0.05, 0) is 18.2 Å². The Morgan fingerprint density at radius 3 is 2.32 bits per heavy atom. The minimum Gasteiger partial charge on any atom is -0.508 e. The molecule has 1 aliphatic rings. The van der Waals surface area contributed by atoms with Gasteiger partial charge in [0, 0.05) is 23.3 Å². The molecule has 8 nitrogen and oxygen atoms in total. The summed E-state index contributed by atoms with van der Waals surface area (Å²) in [5.41, 5.74) is 0.209. The molecular weight excluding hydrogens is 332 g/mol. The molecule has 8 heteroatoms. The lowest BCUT2D eigenvalue weighted by molar-refractivity contribution is -0.137. The summed E-state index contributed by atoms with van der Waals surface area (Å²) in [4.78, 5) is 11.2. The van der Waals surface area contributed by atoms with E-state index >= 15 is 0 Å². The van der Waals surface area contributed by atoms with Crippen molar-refractivity contribution in [1.29, 1.82) is 0 Å². The number of aromatic hydroxyl groups is 4. The highest BCUT2D eigenvalue weighted by Crippen LogP contribution is 2.48. The first kappa shape index (κ1) is 16.3. The summed E-state index contributed by atoms with van der Waals surface area (Å²) in [5.74, 6) is -4.53. The Balaban J connectivity index is 2.19. The van der Waals surface area contributed by atoms with E-state index in [0.717, 1.165) is 12.1 Å². The van der Waals surface area contributed by atoms with E-state index in [2.05, 4.69) is 0 Å². The van der Waals surface area contributed by atoms with Crippen molar-refractivity contribution in [2.75, 3.05) is 0 Å². The van der Waals surface area contributed by atoms with Crippen molar-refractivity contribution < 1.29 is 40.2 Å². The number of hydrogen-bond donors (Lipinski definition) is 6. The second-order valence-electron chi connectivity index (χ2n) is 5.55. The van der Waals surface area contributed by atoms with E-state index in [9.17, 15) is 30.3 Å². The number of allylic oxidation sites excluding steroid dienone is 1. The zero-order chi connectivity index (χ0) is 18.3. The molecule has 25 heavy (non-hydrogen) atoms. The van der Waals surface area contributed by atoms with Crippen LogP contribution in [0, 0.1) is 0 Å². The summed E-state index contributed by atoms with van der Waals surface area (Å²) in [6, 6.07) is 5.85. The second-order valence-corrected chi connectivity index (χ2v) is 5.55. The van der Waals surface area contributed by atoms with Crippen LogP contribution in [0.3, 0.4) is 0 Å². The van der Waals surface area contributed by atoms with Gasteiger partial charge < -0.3 is 35.4 Å². The average molecular weight is 346 g/mol. The largest absolute Gasteiger partial charge is 0.508 e. The topological polar surface area (TPSA) is 148 Å². The van der Waals surface area contributed by atoms with Crippen molar-refractivity contribution >= 4 is 11.7 Å². The molecule has 0 amide bonds. The number of aliphatic hydroxyl groups is 1. The Kier molecular flexibility index (Phi) is 3.80. The fourth-order valence-corrected chi connectivity index (χ4v) is 2.73. The number of carboxylic acid groups (broad SMARTS) is 1.